The number of rotatable bonds is 4. The molecule has 4 nitrogen and oxygen atoms in total. The number of halogens is 1. The Labute approximate surface area is 164 Å². The number of benzene rings is 3. The van der Waals surface area contributed by atoms with Gasteiger partial charge in [-0.15, -0.1) is 0 Å². The first-order valence-electron chi connectivity index (χ1n) is 8.38. The van der Waals surface area contributed by atoms with Crippen molar-refractivity contribution in [1.82, 2.24) is 5.43 Å². The number of hydrogen-bond donors (Lipinski definition) is 1. The van der Waals surface area contributed by atoms with Crippen LogP contribution in [0.1, 0.15) is 16.1 Å². The Hall–Kier alpha value is -3.18. The van der Waals surface area contributed by atoms with E-state index < -0.39 is 0 Å². The van der Waals surface area contributed by atoms with Gasteiger partial charge in [-0.3, -0.25) is 4.79 Å². The van der Waals surface area contributed by atoms with E-state index >= 15 is 0 Å². The van der Waals surface area contributed by atoms with Gasteiger partial charge in [0.2, 0.25) is 0 Å². The summed E-state index contributed by atoms with van der Waals surface area (Å²) in [5.41, 5.74) is 4.11. The van der Waals surface area contributed by atoms with Gasteiger partial charge in [-0.25, -0.2) is 5.43 Å². The molecule has 0 aliphatic carbocycles. The van der Waals surface area contributed by atoms with Crippen molar-refractivity contribution in [3.8, 4) is 11.3 Å². The highest BCUT2D eigenvalue weighted by Gasteiger charge is 2.08. The number of hydrazone groups is 1. The Morgan fingerprint density at radius 2 is 1.70 bits per heavy atom. The molecule has 0 saturated heterocycles. The van der Waals surface area contributed by atoms with Crippen LogP contribution in [0, 0.1) is 0 Å². The van der Waals surface area contributed by atoms with E-state index in [-0.39, 0.29) is 5.91 Å². The van der Waals surface area contributed by atoms with Gasteiger partial charge in [0.15, 0.2) is 0 Å². The second-order valence-electron chi connectivity index (χ2n) is 5.93. The molecule has 0 radical (unpaired) electrons. The fourth-order valence-electron chi connectivity index (χ4n) is 2.83. The lowest BCUT2D eigenvalue weighted by Gasteiger charge is -2.04. The van der Waals surface area contributed by atoms with Crippen LogP contribution in [-0.2, 0) is 0 Å². The number of nitrogens with zero attached hydrogens (tertiary/aromatic N) is 1. The van der Waals surface area contributed by atoms with E-state index in [1.54, 1.807) is 6.07 Å². The first-order chi connectivity index (χ1) is 13.2. The molecule has 132 valence electrons. The second-order valence-corrected chi connectivity index (χ2v) is 6.85. The van der Waals surface area contributed by atoms with Gasteiger partial charge in [0.05, 0.1) is 6.21 Å². The van der Waals surface area contributed by atoms with Crippen LogP contribution in [0.4, 0.5) is 0 Å². The molecule has 0 saturated carbocycles. The molecule has 0 fully saturated rings. The van der Waals surface area contributed by atoms with Crippen molar-refractivity contribution in [1.29, 1.82) is 0 Å². The van der Waals surface area contributed by atoms with E-state index in [4.69, 9.17) is 4.42 Å². The van der Waals surface area contributed by atoms with E-state index in [9.17, 15) is 4.79 Å². The van der Waals surface area contributed by atoms with Crippen molar-refractivity contribution in [2.45, 2.75) is 0 Å². The summed E-state index contributed by atoms with van der Waals surface area (Å²) in [5, 5.41) is 5.93. The fourth-order valence-corrected chi connectivity index (χ4v) is 3.09. The SMILES string of the molecule is O=C(N/N=C\c1ccc(-c2ccc(Br)cc2)o1)c1cccc2ccccc12. The van der Waals surface area contributed by atoms with E-state index in [1.165, 1.54) is 6.21 Å². The molecule has 1 amide bonds. The maximum Gasteiger partial charge on any atom is 0.271 e. The van der Waals surface area contributed by atoms with E-state index in [2.05, 4.69) is 26.5 Å². The molecule has 1 heterocycles. The van der Waals surface area contributed by atoms with Gasteiger partial charge in [-0.1, -0.05) is 64.5 Å². The molecule has 4 rings (SSSR count). The first kappa shape index (κ1) is 17.2. The highest BCUT2D eigenvalue weighted by Crippen LogP contribution is 2.23. The van der Waals surface area contributed by atoms with Gasteiger partial charge in [-0.05, 0) is 41.1 Å². The van der Waals surface area contributed by atoms with E-state index in [1.807, 2.05) is 72.8 Å². The largest absolute Gasteiger partial charge is 0.455 e. The summed E-state index contributed by atoms with van der Waals surface area (Å²) in [6.07, 6.45) is 1.49. The number of carbonyl (C=O) groups excluding carboxylic acids is 1. The Bertz CT molecular complexity index is 1130. The Morgan fingerprint density at radius 1 is 0.926 bits per heavy atom. The summed E-state index contributed by atoms with van der Waals surface area (Å²) in [7, 11) is 0. The van der Waals surface area contributed by atoms with Crippen LogP contribution >= 0.6 is 15.9 Å². The summed E-state index contributed by atoms with van der Waals surface area (Å²) >= 11 is 3.41. The number of carbonyl (C=O) groups is 1. The third-order valence-electron chi connectivity index (χ3n) is 4.15. The summed E-state index contributed by atoms with van der Waals surface area (Å²) in [5.74, 6) is 1.04. The minimum atomic E-state index is -0.261. The van der Waals surface area contributed by atoms with Gasteiger partial charge in [-0.2, -0.15) is 5.10 Å². The summed E-state index contributed by atoms with van der Waals surface area (Å²) in [6.45, 7) is 0. The van der Waals surface area contributed by atoms with Crippen molar-refractivity contribution in [3.63, 3.8) is 0 Å². The van der Waals surface area contributed by atoms with Crippen LogP contribution in [0.25, 0.3) is 22.1 Å². The molecule has 0 unspecified atom stereocenters. The quantitative estimate of drug-likeness (QED) is 0.345. The van der Waals surface area contributed by atoms with Gasteiger partial charge >= 0.3 is 0 Å². The maximum absolute atomic E-state index is 12.4. The van der Waals surface area contributed by atoms with Crippen LogP contribution < -0.4 is 5.43 Å². The van der Waals surface area contributed by atoms with E-state index in [0.29, 0.717) is 11.3 Å². The number of furan rings is 1. The van der Waals surface area contributed by atoms with Crippen molar-refractivity contribution in [2.75, 3.05) is 0 Å². The fraction of sp³-hybridized carbons (Fsp3) is 0. The molecule has 0 atom stereocenters. The van der Waals surface area contributed by atoms with Crippen LogP contribution in [0.2, 0.25) is 0 Å². The highest BCUT2D eigenvalue weighted by molar-refractivity contribution is 9.10. The molecule has 0 aliphatic rings. The number of fused-ring (bicyclic) bond motifs is 1. The zero-order valence-electron chi connectivity index (χ0n) is 14.2. The normalized spacial score (nSPS) is 11.1. The van der Waals surface area contributed by atoms with Crippen molar-refractivity contribution in [2.24, 2.45) is 5.10 Å². The van der Waals surface area contributed by atoms with Gasteiger partial charge in [0.1, 0.15) is 11.5 Å². The predicted molar refractivity (Wildman–Crippen MR) is 111 cm³/mol. The second kappa shape index (κ2) is 7.60. The number of hydrogen-bond acceptors (Lipinski definition) is 3. The zero-order valence-corrected chi connectivity index (χ0v) is 15.8. The third kappa shape index (κ3) is 3.83. The average molecular weight is 419 g/mol. The molecular formula is C22H15BrN2O2. The highest BCUT2D eigenvalue weighted by atomic mass is 79.9. The Morgan fingerprint density at radius 3 is 2.56 bits per heavy atom. The minimum absolute atomic E-state index is 0.261. The van der Waals surface area contributed by atoms with Crippen LogP contribution in [0.5, 0.6) is 0 Å². The van der Waals surface area contributed by atoms with E-state index in [0.717, 1.165) is 26.6 Å². The topological polar surface area (TPSA) is 54.6 Å². The third-order valence-corrected chi connectivity index (χ3v) is 4.68. The molecular weight excluding hydrogens is 404 g/mol. The summed E-state index contributed by atoms with van der Waals surface area (Å²) in [4.78, 5) is 12.4. The molecule has 1 N–H and O–H groups in total. The van der Waals surface area contributed by atoms with Crippen LogP contribution in [-0.4, -0.2) is 12.1 Å². The van der Waals surface area contributed by atoms with Crippen molar-refractivity contribution in [3.05, 3.63) is 94.7 Å². The van der Waals surface area contributed by atoms with Crippen molar-refractivity contribution < 1.29 is 9.21 Å². The average Bonchev–Trinajstić information content (AvgIpc) is 3.17. The molecule has 0 bridgehead atoms. The lowest BCUT2D eigenvalue weighted by atomic mass is 10.0. The maximum atomic E-state index is 12.4. The minimum Gasteiger partial charge on any atom is -0.455 e. The molecule has 0 aliphatic heterocycles. The van der Waals surface area contributed by atoms with Gasteiger partial charge in [0, 0.05) is 15.6 Å². The number of nitrogens with one attached hydrogen (secondary N) is 1. The molecule has 1 aromatic heterocycles. The molecule has 3 aromatic carbocycles. The van der Waals surface area contributed by atoms with Crippen LogP contribution in [0.3, 0.4) is 0 Å². The molecule has 0 spiro atoms. The predicted octanol–water partition coefficient (Wildman–Crippen LogP) is 5.63. The standard InChI is InChI=1S/C22H15BrN2O2/c23-17-10-8-16(9-11-17)21-13-12-18(27-21)14-24-25-22(26)20-7-3-5-15-4-1-2-6-19(15)20/h1-14H,(H,25,26)/b24-14-. The molecule has 27 heavy (non-hydrogen) atoms. The summed E-state index contributed by atoms with van der Waals surface area (Å²) < 4.78 is 6.76. The van der Waals surface area contributed by atoms with Gasteiger partial charge in [0.25, 0.3) is 5.91 Å². The van der Waals surface area contributed by atoms with Crippen molar-refractivity contribution >= 4 is 38.8 Å². The smallest absolute Gasteiger partial charge is 0.271 e. The lowest BCUT2D eigenvalue weighted by Crippen LogP contribution is -2.17. The lowest BCUT2D eigenvalue weighted by molar-refractivity contribution is 0.0957. The Kier molecular flexibility index (Phi) is 4.85. The molecule has 5 heteroatoms. The zero-order chi connectivity index (χ0) is 18.6. The monoisotopic (exact) mass is 418 g/mol. The van der Waals surface area contributed by atoms with Gasteiger partial charge < -0.3 is 4.42 Å². The van der Waals surface area contributed by atoms with Crippen LogP contribution in [0.15, 0.2) is 92.9 Å². The summed E-state index contributed by atoms with van der Waals surface area (Å²) in [6, 6.07) is 24.9. The Balaban J connectivity index is 1.48. The molecule has 4 aromatic rings. The number of amides is 1. The first-order valence-corrected chi connectivity index (χ1v) is 9.17.